The summed E-state index contributed by atoms with van der Waals surface area (Å²) in [6.45, 7) is 5.11. The zero-order chi connectivity index (χ0) is 31.8. The lowest BCUT2D eigenvalue weighted by Gasteiger charge is -2.30. The van der Waals surface area contributed by atoms with Crippen LogP contribution in [-0.2, 0) is 11.3 Å². The van der Waals surface area contributed by atoms with Crippen molar-refractivity contribution in [1.29, 1.82) is 0 Å². The number of allylic oxidation sites excluding steroid dienone is 5. The summed E-state index contributed by atoms with van der Waals surface area (Å²) in [4.78, 5) is 33.3. The zero-order valence-corrected chi connectivity index (χ0v) is 25.0. The molecule has 3 aliphatic rings. The molecule has 2 N–H and O–H groups in total. The van der Waals surface area contributed by atoms with Crippen LogP contribution < -0.4 is 4.74 Å². The number of fused-ring (bicyclic) bond motifs is 2. The highest BCUT2D eigenvalue weighted by atomic mass is 19.1. The third-order valence-electron chi connectivity index (χ3n) is 8.09. The third kappa shape index (κ3) is 5.92. The van der Waals surface area contributed by atoms with Gasteiger partial charge in [0.2, 0.25) is 0 Å². The lowest BCUT2D eigenvalue weighted by Crippen LogP contribution is -2.39. The van der Waals surface area contributed by atoms with Gasteiger partial charge in [-0.15, -0.1) is 0 Å². The first-order valence-corrected chi connectivity index (χ1v) is 14.9. The van der Waals surface area contributed by atoms with Crippen LogP contribution in [0.25, 0.3) is 34.1 Å². The maximum atomic E-state index is 15.2. The number of nitrogens with zero attached hydrogens (tertiary/aromatic N) is 5. The van der Waals surface area contributed by atoms with E-state index >= 15 is 4.39 Å². The molecule has 1 fully saturated rings. The summed E-state index contributed by atoms with van der Waals surface area (Å²) >= 11 is 0. The predicted molar refractivity (Wildman–Crippen MR) is 167 cm³/mol. The van der Waals surface area contributed by atoms with Gasteiger partial charge in [-0.3, -0.25) is 19.6 Å². The summed E-state index contributed by atoms with van der Waals surface area (Å²) in [5, 5.41) is 11.9. The number of morpholine rings is 1. The topological polar surface area (TPSA) is 117 Å². The Morgan fingerprint density at radius 1 is 1.15 bits per heavy atom. The second-order valence-electron chi connectivity index (χ2n) is 11.1. The number of aromatic nitrogens is 4. The fourth-order valence-corrected chi connectivity index (χ4v) is 5.50. The van der Waals surface area contributed by atoms with Crippen molar-refractivity contribution in [1.82, 2.24) is 29.7 Å². The van der Waals surface area contributed by atoms with Crippen molar-refractivity contribution in [2.24, 2.45) is 0 Å². The van der Waals surface area contributed by atoms with Crippen LogP contribution in [0.3, 0.4) is 0 Å². The van der Waals surface area contributed by atoms with Gasteiger partial charge in [0.25, 0.3) is 5.91 Å². The molecule has 0 spiro atoms. The molecule has 1 aliphatic carbocycles. The van der Waals surface area contributed by atoms with Crippen molar-refractivity contribution in [3.63, 3.8) is 0 Å². The second-order valence-corrected chi connectivity index (χ2v) is 11.1. The maximum absolute atomic E-state index is 15.2. The molecule has 1 amide bonds. The number of aromatic amines is 1. The Kier molecular flexibility index (Phi) is 7.89. The molecule has 4 aromatic rings. The minimum atomic E-state index is -0.773. The predicted octanol–water partition coefficient (Wildman–Crippen LogP) is 5.93. The van der Waals surface area contributed by atoms with Gasteiger partial charge in [0.05, 0.1) is 36.0 Å². The van der Waals surface area contributed by atoms with Crippen LogP contribution >= 0.6 is 0 Å². The highest BCUT2D eigenvalue weighted by molar-refractivity contribution is 6.00. The van der Waals surface area contributed by atoms with Gasteiger partial charge < -0.3 is 19.6 Å². The van der Waals surface area contributed by atoms with E-state index in [1.54, 1.807) is 6.07 Å². The van der Waals surface area contributed by atoms with Crippen LogP contribution in [-0.4, -0.2) is 73.8 Å². The largest absolute Gasteiger partial charge is 0.506 e. The smallest absolute Gasteiger partial charge is 0.267 e. The number of halogens is 2. The maximum Gasteiger partial charge on any atom is 0.267 e. The number of carbonyl (C=O) groups excluding carboxylic acids is 1. The number of benzene rings is 1. The molecule has 10 nitrogen and oxygen atoms in total. The van der Waals surface area contributed by atoms with E-state index in [1.807, 2.05) is 30.5 Å². The Balaban J connectivity index is 1.18. The highest BCUT2D eigenvalue weighted by Crippen LogP contribution is 2.38. The molecular formula is C34H30F2N6O4. The van der Waals surface area contributed by atoms with Crippen LogP contribution in [0, 0.1) is 5.82 Å². The summed E-state index contributed by atoms with van der Waals surface area (Å²) in [5.41, 5.74) is 4.36. The number of amides is 1. The molecule has 12 heteroatoms. The number of pyridine rings is 1. The number of rotatable bonds is 8. The van der Waals surface area contributed by atoms with E-state index in [4.69, 9.17) is 9.47 Å². The molecule has 234 valence electrons. The molecule has 1 aromatic carbocycles. The van der Waals surface area contributed by atoms with Gasteiger partial charge in [0.1, 0.15) is 40.7 Å². The van der Waals surface area contributed by atoms with E-state index in [0.717, 1.165) is 61.4 Å². The number of H-pyrrole nitrogens is 1. The van der Waals surface area contributed by atoms with E-state index in [-0.39, 0.29) is 23.7 Å². The number of hydrogen-bond donors (Lipinski definition) is 2. The quantitative estimate of drug-likeness (QED) is 0.183. The number of ether oxygens (including phenoxy) is 2. The van der Waals surface area contributed by atoms with Gasteiger partial charge >= 0.3 is 0 Å². The van der Waals surface area contributed by atoms with E-state index in [1.165, 1.54) is 31.5 Å². The molecule has 0 bridgehead atoms. The van der Waals surface area contributed by atoms with Gasteiger partial charge in [-0.25, -0.2) is 18.7 Å². The van der Waals surface area contributed by atoms with E-state index < -0.39 is 23.3 Å². The monoisotopic (exact) mass is 624 g/mol. The molecular weight excluding hydrogens is 594 g/mol. The van der Waals surface area contributed by atoms with Gasteiger partial charge in [-0.05, 0) is 54.3 Å². The van der Waals surface area contributed by atoms with E-state index in [9.17, 15) is 14.3 Å². The first-order valence-electron chi connectivity index (χ1n) is 14.9. The number of aliphatic hydroxyl groups excluding tert-OH is 1. The van der Waals surface area contributed by atoms with Crippen LogP contribution in [0.1, 0.15) is 40.5 Å². The SMILES string of the molecule is C\C=C(F)/C=C(\C(O)=C\c1ncnc2[nH]c(-c3ccc(CN4CCOCC4)cn3)cc12)N1COc2cc(C3=CC3)cc(F)c2C1=O. The number of hydrogen-bond acceptors (Lipinski definition) is 8. The molecule has 2 aliphatic heterocycles. The van der Waals surface area contributed by atoms with Crippen molar-refractivity contribution in [3.05, 3.63) is 107 Å². The number of nitrogens with one attached hydrogen (secondary N) is 1. The molecule has 0 radical (unpaired) electrons. The summed E-state index contributed by atoms with van der Waals surface area (Å²) < 4.78 is 41.0. The van der Waals surface area contributed by atoms with Gasteiger partial charge in [0, 0.05) is 43.4 Å². The van der Waals surface area contributed by atoms with Crippen molar-refractivity contribution in [2.75, 3.05) is 33.0 Å². The van der Waals surface area contributed by atoms with Crippen molar-refractivity contribution < 1.29 is 28.2 Å². The second kappa shape index (κ2) is 12.3. The molecule has 1 saturated heterocycles. The van der Waals surface area contributed by atoms with Gasteiger partial charge in [-0.2, -0.15) is 0 Å². The molecule has 3 aromatic heterocycles. The van der Waals surface area contributed by atoms with Gasteiger partial charge in [-0.1, -0.05) is 18.2 Å². The lowest BCUT2D eigenvalue weighted by atomic mass is 10.0. The minimum Gasteiger partial charge on any atom is -0.506 e. The molecule has 0 atom stereocenters. The summed E-state index contributed by atoms with van der Waals surface area (Å²) in [6, 6.07) is 8.65. The van der Waals surface area contributed by atoms with Crippen LogP contribution in [0.2, 0.25) is 0 Å². The minimum absolute atomic E-state index is 0.0958. The number of aliphatic hydroxyl groups is 1. The molecule has 0 unspecified atom stereocenters. The van der Waals surface area contributed by atoms with E-state index in [0.29, 0.717) is 33.7 Å². The standard InChI is InChI=1S/C34H30F2N6O4/c1-2-23(35)13-29(42-19-46-31-12-22(21-4-5-21)11-25(36)32(31)34(42)44)30(43)15-27-24-14-28(40-33(24)39-18-38-27)26-6-3-20(16-37-26)17-41-7-9-45-10-8-41/h2-4,6,11-16,18,43H,5,7-10,17,19H2,1H3,(H,38,39,40)/b23-2+,29-13+,30-15-. The third-order valence-corrected chi connectivity index (χ3v) is 8.09. The average Bonchev–Trinajstić information content (AvgIpc) is 3.83. The fourth-order valence-electron chi connectivity index (χ4n) is 5.50. The van der Waals surface area contributed by atoms with Crippen molar-refractivity contribution in [3.8, 4) is 17.1 Å². The summed E-state index contributed by atoms with van der Waals surface area (Å²) in [5.74, 6) is -2.64. The van der Waals surface area contributed by atoms with Crippen LogP contribution in [0.15, 0.2) is 78.4 Å². The highest BCUT2D eigenvalue weighted by Gasteiger charge is 2.34. The molecule has 0 saturated carbocycles. The average molecular weight is 625 g/mol. The lowest BCUT2D eigenvalue weighted by molar-refractivity contribution is 0.0341. The van der Waals surface area contributed by atoms with E-state index in [2.05, 4.69) is 24.8 Å². The summed E-state index contributed by atoms with van der Waals surface area (Å²) in [7, 11) is 0. The van der Waals surface area contributed by atoms with Gasteiger partial charge in [0.15, 0.2) is 6.73 Å². The van der Waals surface area contributed by atoms with Crippen molar-refractivity contribution in [2.45, 2.75) is 19.9 Å². The molecule has 46 heavy (non-hydrogen) atoms. The van der Waals surface area contributed by atoms with Crippen LogP contribution in [0.4, 0.5) is 8.78 Å². The first-order chi connectivity index (χ1) is 22.4. The Morgan fingerprint density at radius 3 is 2.72 bits per heavy atom. The van der Waals surface area contributed by atoms with Crippen LogP contribution in [0.5, 0.6) is 5.75 Å². The Bertz CT molecular complexity index is 1960. The fraction of sp³-hybridized carbons (Fsp3) is 0.235. The summed E-state index contributed by atoms with van der Waals surface area (Å²) in [6.07, 6.45) is 9.32. The Hall–Kier alpha value is -5.20. The molecule has 7 rings (SSSR count). The first kappa shape index (κ1) is 29.5. The number of carbonyl (C=O) groups is 1. The Labute approximate surface area is 263 Å². The molecule has 5 heterocycles. The van der Waals surface area contributed by atoms with Crippen molar-refractivity contribution >= 4 is 28.6 Å². The Morgan fingerprint density at radius 2 is 1.98 bits per heavy atom. The normalized spacial score (nSPS) is 17.6. The zero-order valence-electron chi connectivity index (χ0n) is 25.0.